The van der Waals surface area contributed by atoms with Crippen LogP contribution in [0.25, 0.3) is 0 Å². The highest BCUT2D eigenvalue weighted by Gasteiger charge is 2.37. The van der Waals surface area contributed by atoms with Gasteiger partial charge in [0.15, 0.2) is 14.1 Å². The monoisotopic (exact) mass is 342 g/mol. The fraction of sp³-hybridized carbons (Fsp3) is 0.842. The number of aliphatic hydroxyl groups is 1. The van der Waals surface area contributed by atoms with Crippen molar-refractivity contribution in [2.24, 2.45) is 5.92 Å². The van der Waals surface area contributed by atoms with Gasteiger partial charge in [-0.3, -0.25) is 4.79 Å². The van der Waals surface area contributed by atoms with E-state index in [-0.39, 0.29) is 10.8 Å². The fourth-order valence-electron chi connectivity index (χ4n) is 1.96. The molecule has 0 aliphatic heterocycles. The second kappa shape index (κ2) is 9.75. The minimum absolute atomic E-state index is 0.162. The van der Waals surface area contributed by atoms with Crippen LogP contribution in [-0.2, 0) is 9.22 Å². The Morgan fingerprint density at radius 1 is 1.26 bits per heavy atom. The topological polar surface area (TPSA) is 46.5 Å². The quantitative estimate of drug-likeness (QED) is 0.444. The number of aliphatic hydroxyl groups excluding tert-OH is 1. The Labute approximate surface area is 144 Å². The smallest absolute Gasteiger partial charge is 0.191 e. The molecule has 0 fully saturated rings. The van der Waals surface area contributed by atoms with Crippen molar-refractivity contribution in [2.75, 3.05) is 6.61 Å². The minimum Gasteiger partial charge on any atom is -0.417 e. The summed E-state index contributed by atoms with van der Waals surface area (Å²) < 4.78 is 6.27. The minimum atomic E-state index is -1.64. The number of carbonyl (C=O) groups excluding carboxylic acids is 1. The third kappa shape index (κ3) is 9.43. The van der Waals surface area contributed by atoms with Crippen LogP contribution in [-0.4, -0.2) is 31.9 Å². The maximum absolute atomic E-state index is 11.0. The first-order valence-corrected chi connectivity index (χ1v) is 11.8. The highest BCUT2D eigenvalue weighted by Crippen LogP contribution is 2.36. The fourth-order valence-corrected chi connectivity index (χ4v) is 3.09. The Kier molecular flexibility index (Phi) is 9.56. The summed E-state index contributed by atoms with van der Waals surface area (Å²) in [5.41, 5.74) is 1.25. The van der Waals surface area contributed by atoms with Crippen LogP contribution in [0.3, 0.4) is 0 Å². The Morgan fingerprint density at radius 2 is 1.83 bits per heavy atom. The summed E-state index contributed by atoms with van der Waals surface area (Å²) >= 11 is 0. The molecule has 0 bridgehead atoms. The maximum Gasteiger partial charge on any atom is 0.191 e. The van der Waals surface area contributed by atoms with E-state index < -0.39 is 14.4 Å². The van der Waals surface area contributed by atoms with Gasteiger partial charge in [0.25, 0.3) is 0 Å². The first-order valence-electron chi connectivity index (χ1n) is 8.85. The van der Waals surface area contributed by atoms with E-state index in [2.05, 4.69) is 47.7 Å². The van der Waals surface area contributed by atoms with Crippen LogP contribution < -0.4 is 0 Å². The molecule has 4 heteroatoms. The van der Waals surface area contributed by atoms with Crippen LogP contribution >= 0.6 is 0 Å². The van der Waals surface area contributed by atoms with Gasteiger partial charge < -0.3 is 9.53 Å². The molecule has 1 N–H and O–H groups in total. The van der Waals surface area contributed by atoms with E-state index in [4.69, 9.17) is 4.43 Å². The molecular formula is C19H38O3Si. The van der Waals surface area contributed by atoms with Crippen LogP contribution in [0, 0.1) is 5.92 Å². The third-order valence-corrected chi connectivity index (χ3v) is 9.46. The van der Waals surface area contributed by atoms with Gasteiger partial charge in [0.1, 0.15) is 6.10 Å². The SMILES string of the molecule is CC(=O)C(O)CC=C(C)CCC[C@H](C)CO[Si](C)(C)C(C)(C)C. The van der Waals surface area contributed by atoms with Crippen LogP contribution in [0.1, 0.15) is 67.2 Å². The zero-order valence-corrected chi connectivity index (χ0v) is 17.5. The molecule has 0 radical (unpaired) electrons. The molecule has 0 aromatic carbocycles. The summed E-state index contributed by atoms with van der Waals surface area (Å²) in [6.45, 7) is 18.0. The average molecular weight is 343 g/mol. The van der Waals surface area contributed by atoms with E-state index in [1.807, 2.05) is 6.08 Å². The molecule has 0 saturated heterocycles. The molecule has 0 aliphatic rings. The average Bonchev–Trinajstić information content (AvgIpc) is 2.41. The lowest BCUT2D eigenvalue weighted by Gasteiger charge is -2.37. The second-order valence-electron chi connectivity index (χ2n) is 8.48. The van der Waals surface area contributed by atoms with Crippen LogP contribution in [0.2, 0.25) is 18.1 Å². The van der Waals surface area contributed by atoms with Gasteiger partial charge in [-0.2, -0.15) is 0 Å². The van der Waals surface area contributed by atoms with E-state index in [1.165, 1.54) is 12.5 Å². The number of hydrogen-bond acceptors (Lipinski definition) is 3. The summed E-state index contributed by atoms with van der Waals surface area (Å²) in [4.78, 5) is 11.0. The Balaban J connectivity index is 4.05. The van der Waals surface area contributed by atoms with Crippen LogP contribution in [0.5, 0.6) is 0 Å². The van der Waals surface area contributed by atoms with E-state index >= 15 is 0 Å². The zero-order chi connectivity index (χ0) is 18.3. The zero-order valence-electron chi connectivity index (χ0n) is 16.5. The number of rotatable bonds is 10. The Bertz CT molecular complexity index is 394. The molecule has 2 atom stereocenters. The molecule has 0 spiro atoms. The van der Waals surface area contributed by atoms with Gasteiger partial charge in [-0.1, -0.05) is 39.3 Å². The van der Waals surface area contributed by atoms with Crippen molar-refractivity contribution >= 4 is 14.1 Å². The van der Waals surface area contributed by atoms with E-state index in [0.29, 0.717) is 12.3 Å². The maximum atomic E-state index is 11.0. The van der Waals surface area contributed by atoms with Gasteiger partial charge in [-0.05, 0) is 63.6 Å². The predicted molar refractivity (Wildman–Crippen MR) is 101 cm³/mol. The van der Waals surface area contributed by atoms with E-state index in [1.54, 1.807) is 0 Å². The molecular weight excluding hydrogens is 304 g/mol. The highest BCUT2D eigenvalue weighted by molar-refractivity contribution is 6.74. The second-order valence-corrected chi connectivity index (χ2v) is 13.3. The van der Waals surface area contributed by atoms with Gasteiger partial charge >= 0.3 is 0 Å². The number of allylic oxidation sites excluding steroid dienone is 1. The molecule has 0 rings (SSSR count). The van der Waals surface area contributed by atoms with Crippen molar-refractivity contribution in [1.82, 2.24) is 0 Å². The van der Waals surface area contributed by atoms with Gasteiger partial charge in [0.2, 0.25) is 0 Å². The molecule has 1 unspecified atom stereocenters. The van der Waals surface area contributed by atoms with Gasteiger partial charge in [-0.25, -0.2) is 0 Å². The number of Topliss-reactive ketones (excluding diaryl/α,β-unsaturated/α-hetero) is 1. The Hall–Kier alpha value is -0.453. The van der Waals surface area contributed by atoms with Crippen LogP contribution in [0.15, 0.2) is 11.6 Å². The van der Waals surface area contributed by atoms with Crippen molar-refractivity contribution in [1.29, 1.82) is 0 Å². The van der Waals surface area contributed by atoms with Crippen molar-refractivity contribution < 1.29 is 14.3 Å². The first-order chi connectivity index (χ1) is 10.4. The number of ketones is 1. The predicted octanol–water partition coefficient (Wildman–Crippen LogP) is 5.10. The summed E-state index contributed by atoms with van der Waals surface area (Å²) in [5.74, 6) is 0.408. The molecule has 0 saturated carbocycles. The summed E-state index contributed by atoms with van der Waals surface area (Å²) in [6.07, 6.45) is 4.88. The van der Waals surface area contributed by atoms with Crippen LogP contribution in [0.4, 0.5) is 0 Å². The lowest BCUT2D eigenvalue weighted by molar-refractivity contribution is -0.124. The molecule has 0 aromatic heterocycles. The number of hydrogen-bond donors (Lipinski definition) is 1. The molecule has 23 heavy (non-hydrogen) atoms. The molecule has 0 aliphatic carbocycles. The Morgan fingerprint density at radius 3 is 2.30 bits per heavy atom. The molecule has 0 aromatic rings. The summed E-state index contributed by atoms with van der Waals surface area (Å²) in [6, 6.07) is 0. The molecule has 0 amide bonds. The largest absolute Gasteiger partial charge is 0.417 e. The standard InChI is InChI=1S/C19H38O3Si/c1-15(12-13-18(21)17(3)20)10-9-11-16(2)14-22-23(7,8)19(4,5)6/h12,16,18,21H,9-11,13-14H2,1-8H3/t16-,18?/m0/s1. The number of carbonyl (C=O) groups is 1. The van der Waals surface area contributed by atoms with Crippen molar-refractivity contribution in [3.63, 3.8) is 0 Å². The first kappa shape index (κ1) is 22.5. The molecule has 3 nitrogen and oxygen atoms in total. The van der Waals surface area contributed by atoms with Crippen molar-refractivity contribution in [3.05, 3.63) is 11.6 Å². The molecule has 0 heterocycles. The summed E-state index contributed by atoms with van der Waals surface area (Å²) in [7, 11) is -1.64. The van der Waals surface area contributed by atoms with E-state index in [9.17, 15) is 9.90 Å². The van der Waals surface area contributed by atoms with Crippen molar-refractivity contribution in [3.8, 4) is 0 Å². The third-order valence-electron chi connectivity index (χ3n) is 4.96. The lowest BCUT2D eigenvalue weighted by Crippen LogP contribution is -2.41. The van der Waals surface area contributed by atoms with Gasteiger partial charge in [0, 0.05) is 6.61 Å². The molecule has 136 valence electrons. The normalized spacial score (nSPS) is 16.3. The van der Waals surface area contributed by atoms with Gasteiger partial charge in [0.05, 0.1) is 0 Å². The summed E-state index contributed by atoms with van der Waals surface area (Å²) in [5, 5.41) is 9.76. The highest BCUT2D eigenvalue weighted by atomic mass is 28.4. The van der Waals surface area contributed by atoms with E-state index in [0.717, 1.165) is 25.9 Å². The van der Waals surface area contributed by atoms with Gasteiger partial charge in [-0.15, -0.1) is 0 Å². The lowest BCUT2D eigenvalue weighted by atomic mass is 10.0. The van der Waals surface area contributed by atoms with Crippen molar-refractivity contribution in [2.45, 2.75) is 91.5 Å².